The van der Waals surface area contributed by atoms with Gasteiger partial charge in [-0.05, 0) is 25.0 Å². The van der Waals surface area contributed by atoms with Crippen LogP contribution in [0.25, 0.3) is 0 Å². The third-order valence-corrected chi connectivity index (χ3v) is 4.45. The van der Waals surface area contributed by atoms with Crippen LogP contribution in [0.2, 0.25) is 0 Å². The summed E-state index contributed by atoms with van der Waals surface area (Å²) in [6, 6.07) is 8.94. The number of aliphatic hydroxyl groups is 1. The Hall–Kier alpha value is -1.76. The number of halogens is 1. The first kappa shape index (κ1) is 17.1. The van der Waals surface area contributed by atoms with E-state index in [1.54, 1.807) is 18.2 Å². The van der Waals surface area contributed by atoms with Gasteiger partial charge in [0.25, 0.3) is 0 Å². The zero-order valence-electron chi connectivity index (χ0n) is 13.7. The Labute approximate surface area is 141 Å². The van der Waals surface area contributed by atoms with Crippen molar-refractivity contribution in [3.05, 3.63) is 54.1 Å². The Morgan fingerprint density at radius 2 is 2.04 bits per heavy atom. The molecule has 0 radical (unpaired) electrons. The Morgan fingerprint density at radius 1 is 1.25 bits per heavy atom. The summed E-state index contributed by atoms with van der Waals surface area (Å²) >= 11 is 0. The third kappa shape index (κ3) is 4.63. The van der Waals surface area contributed by atoms with Gasteiger partial charge in [-0.25, -0.2) is 4.39 Å². The minimum absolute atomic E-state index is 0.186. The van der Waals surface area contributed by atoms with Crippen molar-refractivity contribution in [1.29, 1.82) is 0 Å². The van der Waals surface area contributed by atoms with Gasteiger partial charge in [0.2, 0.25) is 0 Å². The molecule has 130 valence electrons. The molecule has 0 spiro atoms. The van der Waals surface area contributed by atoms with E-state index in [-0.39, 0.29) is 19.0 Å². The van der Waals surface area contributed by atoms with Gasteiger partial charge in [0.1, 0.15) is 5.82 Å². The summed E-state index contributed by atoms with van der Waals surface area (Å²) in [6.45, 7) is 2.87. The third-order valence-electron chi connectivity index (χ3n) is 4.45. The van der Waals surface area contributed by atoms with E-state index < -0.39 is 6.10 Å². The Morgan fingerprint density at radius 3 is 2.75 bits per heavy atom. The minimum Gasteiger partial charge on any atom is -0.389 e. The second-order valence-electron chi connectivity index (χ2n) is 6.28. The van der Waals surface area contributed by atoms with Crippen LogP contribution >= 0.6 is 0 Å². The first-order valence-electron chi connectivity index (χ1n) is 8.43. The van der Waals surface area contributed by atoms with Gasteiger partial charge in [0.05, 0.1) is 25.4 Å². The van der Waals surface area contributed by atoms with Crippen LogP contribution in [0, 0.1) is 5.82 Å². The molecular formula is C18H24FN3O2. The van der Waals surface area contributed by atoms with Gasteiger partial charge < -0.3 is 14.7 Å². The number of hydrogen-bond donors (Lipinski definition) is 1. The second-order valence-corrected chi connectivity index (χ2v) is 6.28. The standard InChI is InChI=1S/C18H24FN3O2/c19-18-5-2-1-4-15(18)13-24-14-17(23)12-21-10-6-16(7-11-21)22-9-3-8-20-22/h1-5,8-9,16-17,23H,6-7,10-14H2. The van der Waals surface area contributed by atoms with Crippen LogP contribution in [-0.2, 0) is 11.3 Å². The van der Waals surface area contributed by atoms with E-state index in [1.807, 2.05) is 23.1 Å². The number of hydrogen-bond acceptors (Lipinski definition) is 4. The predicted molar refractivity (Wildman–Crippen MR) is 89.0 cm³/mol. The van der Waals surface area contributed by atoms with Crippen molar-refractivity contribution in [3.8, 4) is 0 Å². The van der Waals surface area contributed by atoms with E-state index >= 15 is 0 Å². The van der Waals surface area contributed by atoms with E-state index in [9.17, 15) is 9.50 Å². The molecule has 0 saturated carbocycles. The average Bonchev–Trinajstić information content (AvgIpc) is 3.12. The van der Waals surface area contributed by atoms with Crippen LogP contribution in [0.4, 0.5) is 4.39 Å². The largest absolute Gasteiger partial charge is 0.389 e. The van der Waals surface area contributed by atoms with Crippen molar-refractivity contribution in [2.75, 3.05) is 26.2 Å². The van der Waals surface area contributed by atoms with Gasteiger partial charge >= 0.3 is 0 Å². The van der Waals surface area contributed by atoms with Crippen LogP contribution in [0.3, 0.4) is 0 Å². The predicted octanol–water partition coefficient (Wildman–Crippen LogP) is 2.24. The summed E-state index contributed by atoms with van der Waals surface area (Å²) < 4.78 is 21.0. The number of ether oxygens (including phenoxy) is 1. The highest BCUT2D eigenvalue weighted by Gasteiger charge is 2.22. The zero-order chi connectivity index (χ0) is 16.8. The summed E-state index contributed by atoms with van der Waals surface area (Å²) in [5.74, 6) is -0.271. The Bertz CT molecular complexity index is 612. The number of β-amino-alcohol motifs (C(OH)–C–C–N with tert-alkyl or cyclic N) is 1. The molecule has 1 aliphatic rings. The monoisotopic (exact) mass is 333 g/mol. The number of nitrogens with zero attached hydrogens (tertiary/aromatic N) is 3. The van der Waals surface area contributed by atoms with Gasteiger partial charge in [0, 0.05) is 37.6 Å². The van der Waals surface area contributed by atoms with E-state index in [2.05, 4.69) is 10.00 Å². The summed E-state index contributed by atoms with van der Waals surface area (Å²) in [5.41, 5.74) is 0.518. The van der Waals surface area contributed by atoms with Crippen LogP contribution in [0.5, 0.6) is 0 Å². The lowest BCUT2D eigenvalue weighted by Crippen LogP contribution is -2.40. The average molecular weight is 333 g/mol. The van der Waals surface area contributed by atoms with Crippen LogP contribution in [-0.4, -0.2) is 52.1 Å². The van der Waals surface area contributed by atoms with Gasteiger partial charge in [-0.1, -0.05) is 18.2 Å². The molecule has 1 unspecified atom stereocenters. The van der Waals surface area contributed by atoms with Gasteiger partial charge in [0.15, 0.2) is 0 Å². The molecule has 2 heterocycles. The van der Waals surface area contributed by atoms with Crippen LogP contribution in [0.1, 0.15) is 24.4 Å². The maximum Gasteiger partial charge on any atom is 0.128 e. The van der Waals surface area contributed by atoms with Gasteiger partial charge in [-0.2, -0.15) is 5.10 Å². The number of piperidine rings is 1. The molecular weight excluding hydrogens is 309 g/mol. The molecule has 1 fully saturated rings. The molecule has 1 aromatic carbocycles. The summed E-state index contributed by atoms with van der Waals surface area (Å²) in [6.07, 6.45) is 5.32. The van der Waals surface area contributed by atoms with Crippen molar-refractivity contribution in [2.45, 2.75) is 31.6 Å². The first-order chi connectivity index (χ1) is 11.7. The van der Waals surface area contributed by atoms with E-state index in [0.29, 0.717) is 18.2 Å². The van der Waals surface area contributed by atoms with Crippen LogP contribution < -0.4 is 0 Å². The maximum atomic E-state index is 13.5. The van der Waals surface area contributed by atoms with Gasteiger partial charge in [-0.3, -0.25) is 4.68 Å². The fourth-order valence-corrected chi connectivity index (χ4v) is 3.13. The molecule has 0 aliphatic carbocycles. The van der Waals surface area contributed by atoms with Crippen molar-refractivity contribution in [3.63, 3.8) is 0 Å². The molecule has 1 atom stereocenters. The number of aromatic nitrogens is 2. The topological polar surface area (TPSA) is 50.5 Å². The van der Waals surface area contributed by atoms with Crippen molar-refractivity contribution in [2.24, 2.45) is 0 Å². The van der Waals surface area contributed by atoms with Crippen molar-refractivity contribution < 1.29 is 14.2 Å². The fraction of sp³-hybridized carbons (Fsp3) is 0.500. The minimum atomic E-state index is -0.557. The lowest BCUT2D eigenvalue weighted by molar-refractivity contribution is 0.00390. The molecule has 3 rings (SSSR count). The molecule has 2 aromatic rings. The van der Waals surface area contributed by atoms with Crippen molar-refractivity contribution >= 4 is 0 Å². The van der Waals surface area contributed by atoms with E-state index in [1.165, 1.54) is 6.07 Å². The summed E-state index contributed by atoms with van der Waals surface area (Å²) in [4.78, 5) is 2.25. The van der Waals surface area contributed by atoms with E-state index in [0.717, 1.165) is 25.9 Å². The molecule has 5 nitrogen and oxygen atoms in total. The number of aliphatic hydroxyl groups excluding tert-OH is 1. The Kier molecular flexibility index (Phi) is 5.96. The van der Waals surface area contributed by atoms with Crippen molar-refractivity contribution in [1.82, 2.24) is 14.7 Å². The number of rotatable bonds is 7. The van der Waals surface area contributed by atoms with Gasteiger partial charge in [-0.15, -0.1) is 0 Å². The second kappa shape index (κ2) is 8.37. The lowest BCUT2D eigenvalue weighted by Gasteiger charge is -2.33. The summed E-state index contributed by atoms with van der Waals surface area (Å²) in [7, 11) is 0. The molecule has 6 heteroatoms. The lowest BCUT2D eigenvalue weighted by atomic mass is 10.1. The van der Waals surface area contributed by atoms with Crippen LogP contribution in [0.15, 0.2) is 42.7 Å². The molecule has 0 amide bonds. The quantitative estimate of drug-likeness (QED) is 0.844. The highest BCUT2D eigenvalue weighted by molar-refractivity contribution is 5.16. The number of likely N-dealkylation sites (tertiary alicyclic amines) is 1. The van der Waals surface area contributed by atoms with E-state index in [4.69, 9.17) is 4.74 Å². The first-order valence-corrected chi connectivity index (χ1v) is 8.43. The highest BCUT2D eigenvalue weighted by Crippen LogP contribution is 2.21. The molecule has 1 aliphatic heterocycles. The molecule has 1 N–H and O–H groups in total. The smallest absolute Gasteiger partial charge is 0.128 e. The summed E-state index contributed by atoms with van der Waals surface area (Å²) in [5, 5.41) is 14.4. The SMILES string of the molecule is OC(COCc1ccccc1F)CN1CCC(n2cccn2)CC1. The Balaban J connectivity index is 1.35. The molecule has 1 aromatic heterocycles. The normalized spacial score (nSPS) is 17.9. The number of benzene rings is 1. The zero-order valence-corrected chi connectivity index (χ0v) is 13.7. The molecule has 0 bridgehead atoms. The fourth-order valence-electron chi connectivity index (χ4n) is 3.13. The molecule has 24 heavy (non-hydrogen) atoms. The maximum absolute atomic E-state index is 13.5. The molecule has 1 saturated heterocycles. The highest BCUT2D eigenvalue weighted by atomic mass is 19.1.